The van der Waals surface area contributed by atoms with Crippen molar-refractivity contribution in [3.8, 4) is 0 Å². The summed E-state index contributed by atoms with van der Waals surface area (Å²) >= 11 is 0. The van der Waals surface area contributed by atoms with Crippen LogP contribution in [0.25, 0.3) is 0 Å². The molecule has 1 aliphatic heterocycles. The fraction of sp³-hybridized carbons (Fsp3) is 0.846. The molecule has 5 nitrogen and oxygen atoms in total. The summed E-state index contributed by atoms with van der Waals surface area (Å²) in [4.78, 5) is 25.9. The maximum absolute atomic E-state index is 12.2. The zero-order valence-electron chi connectivity index (χ0n) is 11.6. The number of amides is 2. The summed E-state index contributed by atoms with van der Waals surface area (Å²) in [6, 6.07) is -0.648. The molecule has 0 spiro atoms. The summed E-state index contributed by atoms with van der Waals surface area (Å²) in [5, 5.41) is 2.79. The van der Waals surface area contributed by atoms with Gasteiger partial charge in [0.15, 0.2) is 0 Å². The van der Waals surface area contributed by atoms with Crippen LogP contribution in [0.4, 0.5) is 0 Å². The van der Waals surface area contributed by atoms with Gasteiger partial charge in [-0.3, -0.25) is 9.59 Å². The van der Waals surface area contributed by atoms with Gasteiger partial charge in [0.05, 0.1) is 0 Å². The molecule has 1 heterocycles. The van der Waals surface area contributed by atoms with Gasteiger partial charge in [0, 0.05) is 20.3 Å². The second-order valence-electron chi connectivity index (χ2n) is 4.63. The minimum atomic E-state index is -0.345. The second-order valence-corrected chi connectivity index (χ2v) is 4.63. The normalized spacial score (nSPS) is 24.3. The third-order valence-electron chi connectivity index (χ3n) is 3.37. The van der Waals surface area contributed by atoms with Crippen molar-refractivity contribution in [1.82, 2.24) is 10.2 Å². The Hall–Kier alpha value is -1.10. The summed E-state index contributed by atoms with van der Waals surface area (Å²) < 4.78 is 4.99. The lowest BCUT2D eigenvalue weighted by Gasteiger charge is -2.38. The van der Waals surface area contributed by atoms with Crippen LogP contribution in [0.3, 0.4) is 0 Å². The van der Waals surface area contributed by atoms with Crippen LogP contribution in [0.15, 0.2) is 0 Å². The molecule has 104 valence electrons. The number of nitrogens with zero attached hydrogens (tertiary/aromatic N) is 1. The number of piperazine rings is 1. The molecule has 1 N–H and O–H groups in total. The number of rotatable bonds is 7. The predicted molar refractivity (Wildman–Crippen MR) is 69.1 cm³/mol. The van der Waals surface area contributed by atoms with E-state index in [0.29, 0.717) is 26.0 Å². The van der Waals surface area contributed by atoms with Gasteiger partial charge in [0.2, 0.25) is 11.8 Å². The predicted octanol–water partition coefficient (Wildman–Crippen LogP) is 0.929. The summed E-state index contributed by atoms with van der Waals surface area (Å²) in [6.07, 6.45) is 3.10. The van der Waals surface area contributed by atoms with Crippen molar-refractivity contribution in [2.75, 3.05) is 20.3 Å². The Morgan fingerprint density at radius 1 is 1.22 bits per heavy atom. The highest BCUT2D eigenvalue weighted by Gasteiger charge is 2.38. The molecule has 2 amide bonds. The van der Waals surface area contributed by atoms with E-state index in [9.17, 15) is 9.59 Å². The first-order chi connectivity index (χ1) is 8.65. The van der Waals surface area contributed by atoms with E-state index in [0.717, 1.165) is 12.8 Å². The molecular weight excluding hydrogens is 232 g/mol. The van der Waals surface area contributed by atoms with Crippen molar-refractivity contribution in [3.63, 3.8) is 0 Å². The molecule has 0 saturated carbocycles. The van der Waals surface area contributed by atoms with Gasteiger partial charge in [-0.2, -0.15) is 0 Å². The highest BCUT2D eigenvalue weighted by molar-refractivity contribution is 5.96. The lowest BCUT2D eigenvalue weighted by atomic mass is 10.0. The van der Waals surface area contributed by atoms with Crippen LogP contribution in [0.1, 0.15) is 39.5 Å². The van der Waals surface area contributed by atoms with Crippen molar-refractivity contribution in [2.24, 2.45) is 0 Å². The minimum Gasteiger partial charge on any atom is -0.385 e. The number of unbranched alkanes of at least 4 members (excludes halogenated alkanes) is 1. The quantitative estimate of drug-likeness (QED) is 0.689. The first-order valence-electron chi connectivity index (χ1n) is 6.75. The molecule has 0 bridgehead atoms. The number of nitrogens with one attached hydrogen (secondary N) is 1. The number of carbonyl (C=O) groups excluding carboxylic acids is 2. The Bertz CT molecular complexity index is 294. The van der Waals surface area contributed by atoms with Gasteiger partial charge in [-0.15, -0.1) is 0 Å². The molecule has 0 radical (unpaired) electrons. The Kier molecular flexibility index (Phi) is 6.12. The molecule has 1 aliphatic rings. The van der Waals surface area contributed by atoms with Crippen LogP contribution >= 0.6 is 0 Å². The minimum absolute atomic E-state index is 0.0179. The molecule has 0 aromatic heterocycles. The molecule has 2 atom stereocenters. The van der Waals surface area contributed by atoms with Crippen molar-refractivity contribution in [2.45, 2.75) is 51.6 Å². The van der Waals surface area contributed by atoms with E-state index in [4.69, 9.17) is 4.74 Å². The van der Waals surface area contributed by atoms with Gasteiger partial charge in [-0.25, -0.2) is 0 Å². The molecule has 5 heteroatoms. The van der Waals surface area contributed by atoms with E-state index in [2.05, 4.69) is 5.32 Å². The van der Waals surface area contributed by atoms with Crippen LogP contribution in [0, 0.1) is 0 Å². The highest BCUT2D eigenvalue weighted by Crippen LogP contribution is 2.15. The maximum Gasteiger partial charge on any atom is 0.245 e. The van der Waals surface area contributed by atoms with Crippen LogP contribution in [-0.4, -0.2) is 49.1 Å². The third kappa shape index (κ3) is 3.45. The van der Waals surface area contributed by atoms with E-state index in [1.807, 2.05) is 13.8 Å². The van der Waals surface area contributed by atoms with E-state index >= 15 is 0 Å². The summed E-state index contributed by atoms with van der Waals surface area (Å²) in [7, 11) is 1.67. The van der Waals surface area contributed by atoms with E-state index < -0.39 is 0 Å². The molecule has 1 saturated heterocycles. The van der Waals surface area contributed by atoms with Gasteiger partial charge in [0.25, 0.3) is 0 Å². The number of ether oxygens (including phenoxy) is 1. The van der Waals surface area contributed by atoms with E-state index in [1.54, 1.807) is 12.0 Å². The van der Waals surface area contributed by atoms with Crippen LogP contribution in [0.2, 0.25) is 0 Å². The molecule has 0 aliphatic carbocycles. The zero-order valence-corrected chi connectivity index (χ0v) is 11.6. The molecule has 18 heavy (non-hydrogen) atoms. The fourth-order valence-electron chi connectivity index (χ4n) is 2.30. The standard InChI is InChI=1S/C13H24N2O3/c1-4-10-13(17)15(8-6-7-9-18-3)11(5-2)12(16)14-10/h10-11H,4-9H2,1-3H3,(H,14,16). The van der Waals surface area contributed by atoms with E-state index in [1.165, 1.54) is 0 Å². The average Bonchev–Trinajstić information content (AvgIpc) is 2.37. The van der Waals surface area contributed by atoms with Crippen molar-refractivity contribution >= 4 is 11.8 Å². The smallest absolute Gasteiger partial charge is 0.245 e. The Labute approximate surface area is 109 Å². The Balaban J connectivity index is 2.62. The van der Waals surface area contributed by atoms with Crippen LogP contribution < -0.4 is 5.32 Å². The summed E-state index contributed by atoms with van der Waals surface area (Å²) in [5.41, 5.74) is 0. The Morgan fingerprint density at radius 2 is 1.94 bits per heavy atom. The van der Waals surface area contributed by atoms with Gasteiger partial charge in [0.1, 0.15) is 12.1 Å². The van der Waals surface area contributed by atoms with Crippen LogP contribution in [0.5, 0.6) is 0 Å². The van der Waals surface area contributed by atoms with Crippen LogP contribution in [-0.2, 0) is 14.3 Å². The van der Waals surface area contributed by atoms with E-state index in [-0.39, 0.29) is 23.9 Å². The number of hydrogen-bond donors (Lipinski definition) is 1. The highest BCUT2D eigenvalue weighted by atomic mass is 16.5. The molecule has 0 aromatic rings. The van der Waals surface area contributed by atoms with Gasteiger partial charge >= 0.3 is 0 Å². The van der Waals surface area contributed by atoms with Gasteiger partial charge < -0.3 is 15.0 Å². The molecular formula is C13H24N2O3. The monoisotopic (exact) mass is 256 g/mol. The van der Waals surface area contributed by atoms with Crippen molar-refractivity contribution < 1.29 is 14.3 Å². The lowest BCUT2D eigenvalue weighted by Crippen LogP contribution is -2.63. The lowest BCUT2D eigenvalue weighted by molar-refractivity contribution is -0.149. The first-order valence-corrected chi connectivity index (χ1v) is 6.75. The molecule has 1 rings (SSSR count). The summed E-state index contributed by atoms with van der Waals surface area (Å²) in [6.45, 7) is 5.19. The molecule has 0 aromatic carbocycles. The number of methoxy groups -OCH3 is 1. The fourth-order valence-corrected chi connectivity index (χ4v) is 2.30. The van der Waals surface area contributed by atoms with Gasteiger partial charge in [-0.05, 0) is 25.7 Å². The SMILES string of the molecule is CCC1NC(=O)C(CC)N(CCCCOC)C1=O. The number of carbonyl (C=O) groups is 2. The maximum atomic E-state index is 12.2. The largest absolute Gasteiger partial charge is 0.385 e. The van der Waals surface area contributed by atoms with Gasteiger partial charge in [-0.1, -0.05) is 13.8 Å². The molecule has 1 fully saturated rings. The van der Waals surface area contributed by atoms with Crippen molar-refractivity contribution in [3.05, 3.63) is 0 Å². The topological polar surface area (TPSA) is 58.6 Å². The Morgan fingerprint density at radius 3 is 2.50 bits per heavy atom. The first kappa shape index (κ1) is 15.0. The number of hydrogen-bond acceptors (Lipinski definition) is 3. The third-order valence-corrected chi connectivity index (χ3v) is 3.37. The zero-order chi connectivity index (χ0) is 13.5. The van der Waals surface area contributed by atoms with Crippen molar-refractivity contribution in [1.29, 1.82) is 0 Å². The summed E-state index contributed by atoms with van der Waals surface area (Å²) in [5.74, 6) is 0.0389. The molecule has 2 unspecified atom stereocenters. The second kappa shape index (κ2) is 7.36. The average molecular weight is 256 g/mol.